The molecule has 1 N–H and O–H groups in total. The number of amides is 1. The second-order valence-electron chi connectivity index (χ2n) is 6.00. The minimum atomic E-state index is -0.369. The van der Waals surface area contributed by atoms with Gasteiger partial charge in [-0.05, 0) is 29.1 Å². The van der Waals surface area contributed by atoms with Crippen LogP contribution in [-0.2, 0) is 14.3 Å². The normalized spacial score (nSPS) is 11.6. The monoisotopic (exact) mass is 411 g/mol. The highest BCUT2D eigenvalue weighted by molar-refractivity contribution is 7.99. The second-order valence-corrected chi connectivity index (χ2v) is 8.15. The molecule has 0 aliphatic carbocycles. The van der Waals surface area contributed by atoms with Crippen LogP contribution >= 0.6 is 23.1 Å². The summed E-state index contributed by atoms with van der Waals surface area (Å²) in [5.41, 5.74) is 0.990. The number of esters is 1. The van der Waals surface area contributed by atoms with E-state index in [4.69, 9.17) is 4.74 Å². The summed E-state index contributed by atoms with van der Waals surface area (Å²) in [4.78, 5) is 26.4. The summed E-state index contributed by atoms with van der Waals surface area (Å²) < 4.78 is 5.13. The van der Waals surface area contributed by atoms with Crippen LogP contribution in [0.4, 0.5) is 0 Å². The number of hydrogen-bond acceptors (Lipinski definition) is 5. The number of benzene rings is 2. The molecule has 4 nitrogen and oxygen atoms in total. The Bertz CT molecular complexity index is 867. The Kier molecular flexibility index (Phi) is 7.70. The van der Waals surface area contributed by atoms with Crippen molar-refractivity contribution in [2.75, 3.05) is 12.4 Å². The maximum Gasteiger partial charge on any atom is 0.307 e. The van der Waals surface area contributed by atoms with Gasteiger partial charge in [0.15, 0.2) is 6.61 Å². The average molecular weight is 412 g/mol. The fourth-order valence-electron chi connectivity index (χ4n) is 2.61. The lowest BCUT2D eigenvalue weighted by Gasteiger charge is -2.18. The highest BCUT2D eigenvalue weighted by Gasteiger charge is 2.18. The minimum Gasteiger partial charge on any atom is -0.456 e. The zero-order valence-corrected chi connectivity index (χ0v) is 16.9. The van der Waals surface area contributed by atoms with Crippen molar-refractivity contribution in [1.29, 1.82) is 0 Å². The van der Waals surface area contributed by atoms with E-state index in [0.717, 1.165) is 15.3 Å². The lowest BCUT2D eigenvalue weighted by Crippen LogP contribution is -2.32. The van der Waals surface area contributed by atoms with Gasteiger partial charge in [-0.2, -0.15) is 0 Å². The number of thiophene rings is 1. The predicted molar refractivity (Wildman–Crippen MR) is 113 cm³/mol. The van der Waals surface area contributed by atoms with Gasteiger partial charge in [-0.1, -0.05) is 54.6 Å². The van der Waals surface area contributed by atoms with Gasteiger partial charge in [0.05, 0.1) is 12.5 Å². The van der Waals surface area contributed by atoms with Gasteiger partial charge >= 0.3 is 5.97 Å². The van der Waals surface area contributed by atoms with Gasteiger partial charge in [0.2, 0.25) is 0 Å². The Balaban J connectivity index is 1.46. The Morgan fingerprint density at radius 2 is 1.68 bits per heavy atom. The summed E-state index contributed by atoms with van der Waals surface area (Å²) in [6, 6.07) is 23.3. The van der Waals surface area contributed by atoms with Gasteiger partial charge in [0, 0.05) is 15.5 Å². The highest BCUT2D eigenvalue weighted by Crippen LogP contribution is 2.25. The fraction of sp³-hybridized carbons (Fsp3) is 0.182. The van der Waals surface area contributed by atoms with Crippen LogP contribution in [0, 0.1) is 0 Å². The molecule has 0 spiro atoms. The van der Waals surface area contributed by atoms with Crippen molar-refractivity contribution in [2.24, 2.45) is 0 Å². The molecule has 0 aliphatic heterocycles. The molecule has 1 amide bonds. The van der Waals surface area contributed by atoms with Crippen molar-refractivity contribution in [2.45, 2.75) is 17.4 Å². The van der Waals surface area contributed by atoms with E-state index in [1.165, 1.54) is 0 Å². The highest BCUT2D eigenvalue weighted by atomic mass is 32.2. The van der Waals surface area contributed by atoms with E-state index in [9.17, 15) is 9.59 Å². The molecule has 0 aliphatic rings. The maximum absolute atomic E-state index is 12.3. The van der Waals surface area contributed by atoms with Crippen LogP contribution in [0.2, 0.25) is 0 Å². The van der Waals surface area contributed by atoms with E-state index in [0.29, 0.717) is 5.75 Å². The molecule has 6 heteroatoms. The van der Waals surface area contributed by atoms with Crippen molar-refractivity contribution in [3.63, 3.8) is 0 Å². The number of carbonyl (C=O) groups is 2. The van der Waals surface area contributed by atoms with Crippen LogP contribution in [0.15, 0.2) is 83.1 Å². The second kappa shape index (κ2) is 10.7. The van der Waals surface area contributed by atoms with E-state index in [-0.39, 0.29) is 30.9 Å². The summed E-state index contributed by atoms with van der Waals surface area (Å²) in [7, 11) is 0. The van der Waals surface area contributed by atoms with Crippen LogP contribution < -0.4 is 5.32 Å². The molecule has 0 unspecified atom stereocenters. The number of rotatable bonds is 9. The summed E-state index contributed by atoms with van der Waals surface area (Å²) in [5.74, 6) is -0.0657. The van der Waals surface area contributed by atoms with Gasteiger partial charge in [-0.15, -0.1) is 23.1 Å². The molecule has 0 radical (unpaired) electrons. The molecule has 1 aromatic heterocycles. The van der Waals surface area contributed by atoms with Crippen molar-refractivity contribution in [3.05, 3.63) is 88.6 Å². The third kappa shape index (κ3) is 6.25. The molecule has 2 aromatic carbocycles. The number of carbonyl (C=O) groups excluding carboxylic acids is 2. The Morgan fingerprint density at radius 3 is 2.36 bits per heavy atom. The quantitative estimate of drug-likeness (QED) is 0.410. The van der Waals surface area contributed by atoms with Gasteiger partial charge in [-0.25, -0.2) is 0 Å². The van der Waals surface area contributed by atoms with Crippen molar-refractivity contribution in [3.8, 4) is 0 Å². The van der Waals surface area contributed by atoms with Crippen LogP contribution in [0.3, 0.4) is 0 Å². The third-order valence-corrected chi connectivity index (χ3v) is 5.90. The zero-order chi connectivity index (χ0) is 19.6. The van der Waals surface area contributed by atoms with Gasteiger partial charge < -0.3 is 10.1 Å². The van der Waals surface area contributed by atoms with Crippen LogP contribution in [0.5, 0.6) is 0 Å². The standard InChI is InChI=1S/C22H21NO3S2/c24-20(16-26-21(25)13-15-27-18-10-5-2-6-11-18)23-22(19-12-7-14-28-19)17-8-3-1-4-9-17/h1-12,14,22H,13,15-16H2,(H,23,24)/t22-/m1/s1. The first-order chi connectivity index (χ1) is 13.7. The SMILES string of the molecule is O=C(COC(=O)CCSc1ccccc1)N[C@H](c1ccccc1)c1cccs1. The van der Waals surface area contributed by atoms with Gasteiger partial charge in [-0.3, -0.25) is 9.59 Å². The van der Waals surface area contributed by atoms with Crippen LogP contribution in [-0.4, -0.2) is 24.2 Å². The van der Waals surface area contributed by atoms with E-state index in [2.05, 4.69) is 5.32 Å². The largest absolute Gasteiger partial charge is 0.456 e. The smallest absolute Gasteiger partial charge is 0.307 e. The molecule has 1 atom stereocenters. The topological polar surface area (TPSA) is 55.4 Å². The molecular formula is C22H21NO3S2. The predicted octanol–water partition coefficient (Wildman–Crippen LogP) is 4.68. The first-order valence-electron chi connectivity index (χ1n) is 8.93. The van der Waals surface area contributed by atoms with E-state index < -0.39 is 0 Å². The van der Waals surface area contributed by atoms with Crippen molar-refractivity contribution >= 4 is 35.0 Å². The lowest BCUT2D eigenvalue weighted by atomic mass is 10.1. The lowest BCUT2D eigenvalue weighted by molar-refractivity contribution is -0.148. The summed E-state index contributed by atoms with van der Waals surface area (Å²) in [5, 5.41) is 4.94. The molecule has 0 bridgehead atoms. The molecule has 144 valence electrons. The van der Waals surface area contributed by atoms with Gasteiger partial charge in [0.25, 0.3) is 5.91 Å². The summed E-state index contributed by atoms with van der Waals surface area (Å²) in [6.07, 6.45) is 0.264. The number of ether oxygens (including phenoxy) is 1. The van der Waals surface area contributed by atoms with E-state index >= 15 is 0 Å². The molecule has 28 heavy (non-hydrogen) atoms. The van der Waals surface area contributed by atoms with E-state index in [1.807, 2.05) is 78.2 Å². The Labute approximate surface area is 172 Å². The maximum atomic E-state index is 12.3. The zero-order valence-electron chi connectivity index (χ0n) is 15.2. The number of thioether (sulfide) groups is 1. The molecule has 0 saturated heterocycles. The number of nitrogens with one attached hydrogen (secondary N) is 1. The first-order valence-corrected chi connectivity index (χ1v) is 10.8. The van der Waals surface area contributed by atoms with Gasteiger partial charge in [0.1, 0.15) is 0 Å². The van der Waals surface area contributed by atoms with E-state index in [1.54, 1.807) is 23.1 Å². The summed E-state index contributed by atoms with van der Waals surface area (Å²) in [6.45, 7) is -0.274. The molecule has 3 aromatic rings. The van der Waals surface area contributed by atoms with Crippen LogP contribution in [0.1, 0.15) is 22.9 Å². The van der Waals surface area contributed by atoms with Crippen molar-refractivity contribution < 1.29 is 14.3 Å². The molecule has 3 rings (SSSR count). The Morgan fingerprint density at radius 1 is 0.964 bits per heavy atom. The van der Waals surface area contributed by atoms with Crippen molar-refractivity contribution in [1.82, 2.24) is 5.32 Å². The molecule has 1 heterocycles. The first kappa shape index (κ1) is 20.2. The van der Waals surface area contributed by atoms with Crippen LogP contribution in [0.25, 0.3) is 0 Å². The molecule has 0 saturated carbocycles. The summed E-state index contributed by atoms with van der Waals surface area (Å²) >= 11 is 3.17. The molecular weight excluding hydrogens is 390 g/mol. The fourth-order valence-corrected chi connectivity index (χ4v) is 4.27. The minimum absolute atomic E-state index is 0.249. The number of hydrogen-bond donors (Lipinski definition) is 1. The molecule has 0 fully saturated rings. The Hall–Kier alpha value is -2.57. The average Bonchev–Trinajstić information content (AvgIpc) is 3.26. The third-order valence-electron chi connectivity index (χ3n) is 3.95.